The smallest absolute Gasteiger partial charge is 0.338 e. The average Bonchev–Trinajstić information content (AvgIpc) is 2.68. The maximum atomic E-state index is 13.8. The summed E-state index contributed by atoms with van der Waals surface area (Å²) in [5.74, 6) is -3.36. The summed E-state index contributed by atoms with van der Waals surface area (Å²) in [4.78, 5) is 36.5. The Balaban J connectivity index is 2.06. The molecule has 0 aliphatic heterocycles. The lowest BCUT2D eigenvalue weighted by atomic mass is 10.0. The molecule has 0 saturated heterocycles. The minimum absolute atomic E-state index is 0.00392. The summed E-state index contributed by atoms with van der Waals surface area (Å²) in [5.41, 5.74) is 0.393. The molecule has 31 heavy (non-hydrogen) atoms. The second-order valence-electron chi connectivity index (χ2n) is 7.96. The van der Waals surface area contributed by atoms with Gasteiger partial charge in [-0.15, -0.1) is 0 Å². The second-order valence-corrected chi connectivity index (χ2v) is 7.96. The third-order valence-electron chi connectivity index (χ3n) is 4.22. The zero-order valence-corrected chi connectivity index (χ0v) is 17.8. The van der Waals surface area contributed by atoms with Gasteiger partial charge in [0.15, 0.2) is 0 Å². The van der Waals surface area contributed by atoms with Crippen LogP contribution in [0.15, 0.2) is 42.5 Å². The highest BCUT2D eigenvalue weighted by molar-refractivity contribution is 5.90. The van der Waals surface area contributed by atoms with Crippen molar-refractivity contribution in [2.24, 2.45) is 0 Å². The molecule has 6 nitrogen and oxygen atoms in total. The number of hydrogen-bond donors (Lipinski definition) is 1. The first kappa shape index (κ1) is 24.0. The number of hydrogen-bond acceptors (Lipinski definition) is 5. The summed E-state index contributed by atoms with van der Waals surface area (Å²) in [6.45, 7) is 5.29. The predicted octanol–water partition coefficient (Wildman–Crippen LogP) is 3.36. The van der Waals surface area contributed by atoms with Crippen molar-refractivity contribution in [3.8, 4) is 0 Å². The molecule has 0 radical (unpaired) electrons. The van der Waals surface area contributed by atoms with Crippen LogP contribution in [-0.4, -0.2) is 36.6 Å². The van der Waals surface area contributed by atoms with E-state index in [2.05, 4.69) is 5.32 Å². The normalized spacial score (nSPS) is 12.1. The van der Waals surface area contributed by atoms with Gasteiger partial charge in [-0.2, -0.15) is 0 Å². The molecule has 0 bridgehead atoms. The van der Waals surface area contributed by atoms with Crippen molar-refractivity contribution in [3.63, 3.8) is 0 Å². The van der Waals surface area contributed by atoms with Crippen LogP contribution >= 0.6 is 0 Å². The van der Waals surface area contributed by atoms with E-state index >= 15 is 0 Å². The molecule has 2 aromatic rings. The van der Waals surface area contributed by atoms with Crippen molar-refractivity contribution in [1.82, 2.24) is 5.32 Å². The fraction of sp³-hybridized carbons (Fsp3) is 0.348. The molecule has 0 unspecified atom stereocenters. The van der Waals surface area contributed by atoms with Gasteiger partial charge in [-0.1, -0.05) is 18.2 Å². The third-order valence-corrected chi connectivity index (χ3v) is 4.22. The Morgan fingerprint density at radius 1 is 1.03 bits per heavy atom. The highest BCUT2D eigenvalue weighted by Crippen LogP contribution is 2.14. The standard InChI is InChI=1S/C23H25F2NO5/c1-23(2,3)31-21(28)15-7-5-14(6-8-15)11-19(22(29)30-4)26-20(27)12-16-9-10-17(24)13-18(16)25/h5-10,13,19H,11-12H2,1-4H3,(H,26,27)/t19-/m1/s1. The molecule has 0 saturated carbocycles. The van der Waals surface area contributed by atoms with Crippen LogP contribution in [0.1, 0.15) is 42.3 Å². The summed E-state index contributed by atoms with van der Waals surface area (Å²) in [5, 5.41) is 2.51. The number of nitrogens with one attached hydrogen (secondary N) is 1. The quantitative estimate of drug-likeness (QED) is 0.678. The van der Waals surface area contributed by atoms with E-state index in [1.807, 2.05) is 0 Å². The lowest BCUT2D eigenvalue weighted by Gasteiger charge is -2.20. The Morgan fingerprint density at radius 3 is 2.23 bits per heavy atom. The van der Waals surface area contributed by atoms with Gasteiger partial charge in [0.05, 0.1) is 19.1 Å². The molecule has 1 N–H and O–H groups in total. The lowest BCUT2D eigenvalue weighted by Crippen LogP contribution is -2.43. The molecule has 2 rings (SSSR count). The summed E-state index contributed by atoms with van der Waals surface area (Å²) in [6.07, 6.45) is -0.268. The van der Waals surface area contributed by atoms with Gasteiger partial charge in [0.1, 0.15) is 23.3 Å². The van der Waals surface area contributed by atoms with Gasteiger partial charge >= 0.3 is 11.9 Å². The van der Waals surface area contributed by atoms with Crippen molar-refractivity contribution in [2.75, 3.05) is 7.11 Å². The van der Waals surface area contributed by atoms with E-state index in [4.69, 9.17) is 9.47 Å². The van der Waals surface area contributed by atoms with E-state index in [1.54, 1.807) is 45.0 Å². The van der Waals surface area contributed by atoms with Crippen LogP contribution in [-0.2, 0) is 31.9 Å². The van der Waals surface area contributed by atoms with Crippen molar-refractivity contribution in [1.29, 1.82) is 0 Å². The monoisotopic (exact) mass is 433 g/mol. The summed E-state index contributed by atoms with van der Waals surface area (Å²) >= 11 is 0. The van der Waals surface area contributed by atoms with Gasteiger partial charge in [-0.05, 0) is 50.1 Å². The summed E-state index contributed by atoms with van der Waals surface area (Å²) in [7, 11) is 1.19. The fourth-order valence-electron chi connectivity index (χ4n) is 2.77. The number of benzene rings is 2. The van der Waals surface area contributed by atoms with E-state index in [-0.39, 0.29) is 18.4 Å². The van der Waals surface area contributed by atoms with Crippen LogP contribution in [0.5, 0.6) is 0 Å². The molecule has 1 amide bonds. The number of esters is 2. The Labute approximate surface area is 179 Å². The molecule has 166 valence electrons. The number of carbonyl (C=O) groups excluding carboxylic acids is 3. The Bertz CT molecular complexity index is 951. The number of rotatable bonds is 7. The van der Waals surface area contributed by atoms with Crippen molar-refractivity contribution in [2.45, 2.75) is 45.3 Å². The molecular weight excluding hydrogens is 408 g/mol. The second kappa shape index (κ2) is 10.1. The van der Waals surface area contributed by atoms with Gasteiger partial charge < -0.3 is 14.8 Å². The van der Waals surface area contributed by atoms with Crippen LogP contribution in [0, 0.1) is 11.6 Å². The SMILES string of the molecule is COC(=O)[C@@H](Cc1ccc(C(=O)OC(C)(C)C)cc1)NC(=O)Cc1ccc(F)cc1F. The van der Waals surface area contributed by atoms with Crippen molar-refractivity contribution < 1.29 is 32.6 Å². The van der Waals surface area contributed by atoms with E-state index in [0.29, 0.717) is 17.2 Å². The molecule has 0 aromatic heterocycles. The number of ether oxygens (including phenoxy) is 2. The maximum absolute atomic E-state index is 13.8. The molecule has 1 atom stereocenters. The van der Waals surface area contributed by atoms with Crippen LogP contribution in [0.25, 0.3) is 0 Å². The van der Waals surface area contributed by atoms with Crippen molar-refractivity contribution in [3.05, 3.63) is 70.8 Å². The Morgan fingerprint density at radius 2 is 1.68 bits per heavy atom. The van der Waals surface area contributed by atoms with Crippen LogP contribution < -0.4 is 5.32 Å². The molecular formula is C23H25F2NO5. The van der Waals surface area contributed by atoms with E-state index in [0.717, 1.165) is 6.07 Å². The molecule has 0 aliphatic carbocycles. The van der Waals surface area contributed by atoms with Crippen LogP contribution in [0.4, 0.5) is 8.78 Å². The molecule has 2 aromatic carbocycles. The molecule has 0 fully saturated rings. The lowest BCUT2D eigenvalue weighted by molar-refractivity contribution is -0.145. The van der Waals surface area contributed by atoms with Gasteiger partial charge in [0, 0.05) is 12.5 Å². The van der Waals surface area contributed by atoms with E-state index < -0.39 is 41.1 Å². The summed E-state index contributed by atoms with van der Waals surface area (Å²) in [6, 6.07) is 8.30. The first-order valence-corrected chi connectivity index (χ1v) is 9.62. The molecule has 0 aliphatic rings. The van der Waals surface area contributed by atoms with Crippen molar-refractivity contribution >= 4 is 17.8 Å². The zero-order valence-electron chi connectivity index (χ0n) is 17.8. The number of halogens is 2. The Kier molecular flexibility index (Phi) is 7.85. The molecule has 0 spiro atoms. The topological polar surface area (TPSA) is 81.7 Å². The van der Waals surface area contributed by atoms with Gasteiger partial charge in [-0.3, -0.25) is 4.79 Å². The zero-order chi connectivity index (χ0) is 23.2. The number of carbonyl (C=O) groups is 3. The summed E-state index contributed by atoms with van der Waals surface area (Å²) < 4.78 is 36.8. The largest absolute Gasteiger partial charge is 0.467 e. The Hall–Kier alpha value is -3.29. The van der Waals surface area contributed by atoms with Gasteiger partial charge in [-0.25, -0.2) is 18.4 Å². The molecule has 0 heterocycles. The minimum Gasteiger partial charge on any atom is -0.467 e. The van der Waals surface area contributed by atoms with E-state index in [1.165, 1.54) is 13.2 Å². The van der Waals surface area contributed by atoms with Crippen LogP contribution in [0.2, 0.25) is 0 Å². The maximum Gasteiger partial charge on any atom is 0.338 e. The van der Waals surface area contributed by atoms with Gasteiger partial charge in [0.25, 0.3) is 0 Å². The third kappa shape index (κ3) is 7.47. The average molecular weight is 433 g/mol. The van der Waals surface area contributed by atoms with Gasteiger partial charge in [0.2, 0.25) is 5.91 Å². The molecule has 8 heteroatoms. The first-order valence-electron chi connectivity index (χ1n) is 9.62. The highest BCUT2D eigenvalue weighted by atomic mass is 19.1. The minimum atomic E-state index is -1.02. The number of amides is 1. The fourth-order valence-corrected chi connectivity index (χ4v) is 2.77. The predicted molar refractivity (Wildman–Crippen MR) is 109 cm³/mol. The number of methoxy groups -OCH3 is 1. The van der Waals surface area contributed by atoms with Crippen LogP contribution in [0.3, 0.4) is 0 Å². The highest BCUT2D eigenvalue weighted by Gasteiger charge is 2.23. The first-order chi connectivity index (χ1) is 14.5. The van der Waals surface area contributed by atoms with E-state index in [9.17, 15) is 23.2 Å².